The largest absolute Gasteiger partial charge is 0.493 e. The number of hydrogen-bond acceptors (Lipinski definition) is 8. The highest BCUT2D eigenvalue weighted by Gasteiger charge is 2.31. The summed E-state index contributed by atoms with van der Waals surface area (Å²) in [6.07, 6.45) is 3.73. The topological polar surface area (TPSA) is 97.3 Å². The Labute approximate surface area is 200 Å². The minimum Gasteiger partial charge on any atom is -0.493 e. The summed E-state index contributed by atoms with van der Waals surface area (Å²) in [6.45, 7) is 5.48. The van der Waals surface area contributed by atoms with Gasteiger partial charge in [0.15, 0.2) is 28.1 Å². The van der Waals surface area contributed by atoms with Crippen molar-refractivity contribution in [2.45, 2.75) is 26.4 Å². The summed E-state index contributed by atoms with van der Waals surface area (Å²) < 4.78 is 34.3. The van der Waals surface area contributed by atoms with Gasteiger partial charge >= 0.3 is 5.63 Å². The third kappa shape index (κ3) is 3.53. The second-order valence-corrected chi connectivity index (χ2v) is 8.71. The maximum atomic E-state index is 13.1. The summed E-state index contributed by atoms with van der Waals surface area (Å²) in [5.74, 6) is 2.02. The lowest BCUT2D eigenvalue weighted by Gasteiger charge is -2.29. The third-order valence-corrected chi connectivity index (χ3v) is 5.88. The van der Waals surface area contributed by atoms with Crippen LogP contribution in [0, 0.1) is 13.0 Å². The second-order valence-electron chi connectivity index (χ2n) is 8.71. The molecule has 0 unspecified atom stereocenters. The molecule has 0 saturated heterocycles. The molecule has 1 radical (unpaired) electrons. The number of fused-ring (bicyclic) bond motifs is 6. The van der Waals surface area contributed by atoms with E-state index in [9.17, 15) is 9.59 Å². The predicted molar refractivity (Wildman–Crippen MR) is 131 cm³/mol. The van der Waals surface area contributed by atoms with Gasteiger partial charge in [-0.05, 0) is 50.6 Å². The minimum atomic E-state index is -0.756. The van der Waals surface area contributed by atoms with Crippen molar-refractivity contribution in [3.8, 4) is 34.1 Å². The Morgan fingerprint density at radius 3 is 2.20 bits per heavy atom. The highest BCUT2D eigenvalue weighted by molar-refractivity contribution is 6.14. The molecule has 0 saturated carbocycles. The van der Waals surface area contributed by atoms with Crippen LogP contribution in [0.15, 0.2) is 42.7 Å². The van der Waals surface area contributed by atoms with Crippen molar-refractivity contribution in [2.24, 2.45) is 0 Å². The van der Waals surface area contributed by atoms with E-state index in [-0.39, 0.29) is 22.0 Å². The average Bonchev–Trinajstić information content (AvgIpc) is 2.81. The molecular formula is C27H23O8. The Hall–Kier alpha value is -4.20. The van der Waals surface area contributed by atoms with Gasteiger partial charge in [0.25, 0.3) is 0 Å². The van der Waals surface area contributed by atoms with Gasteiger partial charge in [-0.25, -0.2) is 4.79 Å². The van der Waals surface area contributed by atoms with Crippen LogP contribution >= 0.6 is 0 Å². The average molecular weight is 475 g/mol. The minimum absolute atomic E-state index is 0.0612. The van der Waals surface area contributed by atoms with Crippen LogP contribution in [0.4, 0.5) is 0 Å². The number of methoxy groups -OCH3 is 3. The van der Waals surface area contributed by atoms with Gasteiger partial charge in [0.2, 0.25) is 5.75 Å². The third-order valence-electron chi connectivity index (χ3n) is 5.88. The van der Waals surface area contributed by atoms with E-state index in [2.05, 4.69) is 6.07 Å². The number of ether oxygens (including phenoxy) is 4. The Morgan fingerprint density at radius 2 is 1.57 bits per heavy atom. The smallest absolute Gasteiger partial charge is 0.345 e. The normalized spacial score (nSPS) is 14.0. The lowest BCUT2D eigenvalue weighted by Crippen LogP contribution is -2.28. The molecule has 8 nitrogen and oxygen atoms in total. The summed E-state index contributed by atoms with van der Waals surface area (Å²) in [6, 6.07) is 7.53. The fraction of sp³-hybridized carbons (Fsp3) is 0.259. The first-order valence-corrected chi connectivity index (χ1v) is 10.9. The zero-order valence-electron chi connectivity index (χ0n) is 20.2. The predicted octanol–water partition coefficient (Wildman–Crippen LogP) is 4.89. The van der Waals surface area contributed by atoms with Crippen LogP contribution in [0.1, 0.15) is 25.2 Å². The Balaban J connectivity index is 2.01. The Bertz CT molecular complexity index is 1630. The SMILES string of the molecule is COc1cc(-c2[c]c(=O)oc3c2c2c(c4oc(C)cc(=O)c43)C=CC(C)(C)O2)cc(OC)c1OC. The quantitative estimate of drug-likeness (QED) is 0.304. The molecule has 3 heterocycles. The van der Waals surface area contributed by atoms with Gasteiger partial charge in [0.1, 0.15) is 22.5 Å². The molecule has 5 rings (SSSR count). The van der Waals surface area contributed by atoms with E-state index in [1.807, 2.05) is 26.0 Å². The molecule has 35 heavy (non-hydrogen) atoms. The molecule has 0 N–H and O–H groups in total. The lowest BCUT2D eigenvalue weighted by atomic mass is 9.93. The fourth-order valence-corrected chi connectivity index (χ4v) is 4.37. The van der Waals surface area contributed by atoms with Gasteiger partial charge < -0.3 is 27.8 Å². The lowest BCUT2D eigenvalue weighted by molar-refractivity contribution is 0.161. The zero-order valence-corrected chi connectivity index (χ0v) is 20.2. The number of rotatable bonds is 4. The van der Waals surface area contributed by atoms with Gasteiger partial charge in [0, 0.05) is 11.6 Å². The molecule has 0 spiro atoms. The van der Waals surface area contributed by atoms with E-state index < -0.39 is 11.2 Å². The van der Waals surface area contributed by atoms with E-state index in [0.29, 0.717) is 50.8 Å². The van der Waals surface area contributed by atoms with E-state index in [0.717, 1.165) is 0 Å². The molecule has 2 aromatic heterocycles. The van der Waals surface area contributed by atoms with Crippen molar-refractivity contribution in [1.29, 1.82) is 0 Å². The van der Waals surface area contributed by atoms with Crippen LogP contribution in [-0.2, 0) is 0 Å². The van der Waals surface area contributed by atoms with Gasteiger partial charge in [-0.15, -0.1) is 0 Å². The molecule has 179 valence electrons. The van der Waals surface area contributed by atoms with E-state index >= 15 is 0 Å². The van der Waals surface area contributed by atoms with Crippen LogP contribution in [-0.4, -0.2) is 26.9 Å². The standard InChI is InChI=1S/C27H23O8/c1-13-9-17(28)22-23(33-13)15-7-8-27(2,3)35-24(15)21-16(12-20(29)34-26(21)22)14-10-18(30-4)25(32-6)19(11-14)31-5/h7-11H,1-6H3. The zero-order chi connectivity index (χ0) is 25.1. The second kappa shape index (κ2) is 7.94. The molecule has 0 amide bonds. The molecule has 1 aliphatic heterocycles. The maximum Gasteiger partial charge on any atom is 0.345 e. The maximum absolute atomic E-state index is 13.1. The van der Waals surface area contributed by atoms with Crippen LogP contribution < -0.4 is 30.0 Å². The van der Waals surface area contributed by atoms with E-state index in [1.54, 1.807) is 19.1 Å². The summed E-state index contributed by atoms with van der Waals surface area (Å²) in [5.41, 5.74) is 0.0590. The number of hydrogen-bond donors (Lipinski definition) is 0. The number of benzene rings is 2. The Morgan fingerprint density at radius 1 is 0.886 bits per heavy atom. The van der Waals surface area contributed by atoms with Crippen LogP contribution in [0.5, 0.6) is 23.0 Å². The first-order valence-electron chi connectivity index (χ1n) is 10.9. The molecular weight excluding hydrogens is 452 g/mol. The molecule has 0 atom stereocenters. The van der Waals surface area contributed by atoms with Crippen LogP contribution in [0.3, 0.4) is 0 Å². The first kappa shape index (κ1) is 22.6. The van der Waals surface area contributed by atoms with Crippen molar-refractivity contribution in [3.05, 3.63) is 62.3 Å². The van der Waals surface area contributed by atoms with Crippen LogP contribution in [0.2, 0.25) is 0 Å². The molecule has 0 aliphatic carbocycles. The molecule has 2 aromatic carbocycles. The summed E-state index contributed by atoms with van der Waals surface area (Å²) in [4.78, 5) is 25.8. The first-order chi connectivity index (χ1) is 16.7. The monoisotopic (exact) mass is 475 g/mol. The summed E-state index contributed by atoms with van der Waals surface area (Å²) in [5, 5.41) is 0.562. The van der Waals surface area contributed by atoms with Crippen molar-refractivity contribution in [3.63, 3.8) is 0 Å². The molecule has 1 aliphatic rings. The van der Waals surface area contributed by atoms with Gasteiger partial charge in [-0.2, -0.15) is 0 Å². The van der Waals surface area contributed by atoms with Crippen molar-refractivity contribution in [2.75, 3.05) is 21.3 Å². The summed E-state index contributed by atoms with van der Waals surface area (Å²) in [7, 11) is 4.51. The molecule has 0 fully saturated rings. The van der Waals surface area contributed by atoms with E-state index in [1.165, 1.54) is 27.4 Å². The fourth-order valence-electron chi connectivity index (χ4n) is 4.37. The highest BCUT2D eigenvalue weighted by atomic mass is 16.5. The van der Waals surface area contributed by atoms with Crippen LogP contribution in [0.25, 0.3) is 39.1 Å². The Kier molecular flexibility index (Phi) is 5.12. The molecule has 8 heteroatoms. The van der Waals surface area contributed by atoms with Crippen molar-refractivity contribution >= 4 is 28.0 Å². The summed E-state index contributed by atoms with van der Waals surface area (Å²) >= 11 is 0. The molecule has 4 aromatic rings. The highest BCUT2D eigenvalue weighted by Crippen LogP contribution is 2.48. The van der Waals surface area contributed by atoms with Crippen molar-refractivity contribution < 1.29 is 27.8 Å². The van der Waals surface area contributed by atoms with Gasteiger partial charge in [-0.3, -0.25) is 4.79 Å². The van der Waals surface area contributed by atoms with Crippen molar-refractivity contribution in [1.82, 2.24) is 0 Å². The number of aryl methyl sites for hydroxylation is 1. The van der Waals surface area contributed by atoms with E-state index in [4.69, 9.17) is 27.8 Å². The van der Waals surface area contributed by atoms with Gasteiger partial charge in [-0.1, -0.05) is 0 Å². The van der Waals surface area contributed by atoms with Gasteiger partial charge in [0.05, 0.1) is 38.3 Å². The molecule has 0 bridgehead atoms.